The van der Waals surface area contributed by atoms with E-state index in [1.54, 1.807) is 44.3 Å². The lowest BCUT2D eigenvalue weighted by molar-refractivity contribution is 0.202. The zero-order valence-corrected chi connectivity index (χ0v) is 11.4. The first-order valence-electron chi connectivity index (χ1n) is 5.84. The molecular formula is C13H17N3O3. The van der Waals surface area contributed by atoms with Crippen LogP contribution in [0.15, 0.2) is 18.3 Å². The molecule has 19 heavy (non-hydrogen) atoms. The minimum absolute atomic E-state index is 0.444. The quantitative estimate of drug-likeness (QED) is 0.898. The van der Waals surface area contributed by atoms with Crippen LogP contribution in [0.25, 0.3) is 0 Å². The fraction of sp³-hybridized carbons (Fsp3) is 0.385. The average molecular weight is 263 g/mol. The minimum Gasteiger partial charge on any atom is -0.495 e. The highest BCUT2D eigenvalue weighted by molar-refractivity contribution is 5.41. The lowest BCUT2D eigenvalue weighted by Gasteiger charge is -2.14. The third-order valence-corrected chi connectivity index (χ3v) is 2.96. The molecule has 0 aliphatic rings. The highest BCUT2D eigenvalue weighted by Gasteiger charge is 2.26. The van der Waals surface area contributed by atoms with Gasteiger partial charge < -0.3 is 14.6 Å². The van der Waals surface area contributed by atoms with Crippen LogP contribution in [0.1, 0.15) is 23.1 Å². The predicted molar refractivity (Wildman–Crippen MR) is 69.3 cm³/mol. The SMILES string of the molecule is COc1cccnc1C(O)c1c(C)nn(C)c1OC. The van der Waals surface area contributed by atoms with E-state index < -0.39 is 6.10 Å². The number of ether oxygens (including phenoxy) is 2. The molecule has 1 unspecified atom stereocenters. The molecule has 0 saturated heterocycles. The van der Waals surface area contributed by atoms with Gasteiger partial charge in [-0.25, -0.2) is 4.68 Å². The molecule has 0 saturated carbocycles. The zero-order valence-electron chi connectivity index (χ0n) is 11.4. The van der Waals surface area contributed by atoms with Crippen LogP contribution in [0.3, 0.4) is 0 Å². The molecule has 0 aliphatic carbocycles. The minimum atomic E-state index is -0.945. The standard InChI is InChI=1S/C13H17N3O3/c1-8-10(13(19-4)16(2)15-8)12(17)11-9(18-3)6-5-7-14-11/h5-7,12,17H,1-4H3. The van der Waals surface area contributed by atoms with E-state index in [2.05, 4.69) is 10.1 Å². The molecule has 1 atom stereocenters. The van der Waals surface area contributed by atoms with Crippen molar-refractivity contribution in [1.29, 1.82) is 0 Å². The fourth-order valence-corrected chi connectivity index (χ4v) is 2.13. The molecule has 2 rings (SSSR count). The van der Waals surface area contributed by atoms with E-state index in [4.69, 9.17) is 9.47 Å². The molecule has 0 aromatic carbocycles. The molecule has 6 nitrogen and oxygen atoms in total. The Hall–Kier alpha value is -2.08. The molecule has 0 bridgehead atoms. The number of rotatable bonds is 4. The van der Waals surface area contributed by atoms with E-state index in [-0.39, 0.29) is 0 Å². The summed E-state index contributed by atoms with van der Waals surface area (Å²) in [6, 6.07) is 3.51. The van der Waals surface area contributed by atoms with Gasteiger partial charge in [0.1, 0.15) is 17.5 Å². The molecule has 0 spiro atoms. The second-order valence-corrected chi connectivity index (χ2v) is 4.13. The Bertz CT molecular complexity index is 581. The molecular weight excluding hydrogens is 246 g/mol. The van der Waals surface area contributed by atoms with Gasteiger partial charge >= 0.3 is 0 Å². The van der Waals surface area contributed by atoms with Crippen LogP contribution in [-0.4, -0.2) is 34.1 Å². The molecule has 2 heterocycles. The van der Waals surface area contributed by atoms with Crippen molar-refractivity contribution in [1.82, 2.24) is 14.8 Å². The van der Waals surface area contributed by atoms with E-state index in [0.29, 0.717) is 28.6 Å². The monoisotopic (exact) mass is 263 g/mol. The number of methoxy groups -OCH3 is 2. The smallest absolute Gasteiger partial charge is 0.217 e. The maximum atomic E-state index is 10.5. The van der Waals surface area contributed by atoms with Crippen LogP contribution < -0.4 is 9.47 Å². The molecule has 6 heteroatoms. The third-order valence-electron chi connectivity index (χ3n) is 2.96. The Morgan fingerprint density at radius 1 is 1.32 bits per heavy atom. The summed E-state index contributed by atoms with van der Waals surface area (Å²) >= 11 is 0. The van der Waals surface area contributed by atoms with Crippen LogP contribution in [0.4, 0.5) is 0 Å². The van der Waals surface area contributed by atoms with E-state index in [1.807, 2.05) is 6.92 Å². The molecule has 102 valence electrons. The summed E-state index contributed by atoms with van der Waals surface area (Å²) in [4.78, 5) is 4.18. The van der Waals surface area contributed by atoms with Crippen molar-refractivity contribution in [2.75, 3.05) is 14.2 Å². The van der Waals surface area contributed by atoms with Gasteiger partial charge in [-0.1, -0.05) is 0 Å². The number of hydrogen-bond acceptors (Lipinski definition) is 5. The Morgan fingerprint density at radius 3 is 2.68 bits per heavy atom. The fourth-order valence-electron chi connectivity index (χ4n) is 2.13. The van der Waals surface area contributed by atoms with Crippen molar-refractivity contribution < 1.29 is 14.6 Å². The van der Waals surface area contributed by atoms with Crippen LogP contribution >= 0.6 is 0 Å². The van der Waals surface area contributed by atoms with Crippen molar-refractivity contribution >= 4 is 0 Å². The molecule has 0 fully saturated rings. The summed E-state index contributed by atoms with van der Waals surface area (Å²) in [7, 11) is 4.85. The number of nitrogens with zero attached hydrogens (tertiary/aromatic N) is 3. The molecule has 1 N–H and O–H groups in total. The highest BCUT2D eigenvalue weighted by atomic mass is 16.5. The summed E-state index contributed by atoms with van der Waals surface area (Å²) in [5.41, 5.74) is 1.74. The van der Waals surface area contributed by atoms with E-state index >= 15 is 0 Å². The summed E-state index contributed by atoms with van der Waals surface area (Å²) < 4.78 is 12.1. The zero-order chi connectivity index (χ0) is 14.0. The summed E-state index contributed by atoms with van der Waals surface area (Å²) in [6.45, 7) is 1.82. The Kier molecular flexibility index (Phi) is 3.71. The third kappa shape index (κ3) is 2.26. The summed E-state index contributed by atoms with van der Waals surface area (Å²) in [5, 5.41) is 14.8. The van der Waals surface area contributed by atoms with Crippen LogP contribution in [0.2, 0.25) is 0 Å². The normalized spacial score (nSPS) is 12.3. The van der Waals surface area contributed by atoms with E-state index in [0.717, 1.165) is 0 Å². The van der Waals surface area contributed by atoms with Gasteiger partial charge in [-0.05, 0) is 19.1 Å². The van der Waals surface area contributed by atoms with Gasteiger partial charge in [0.15, 0.2) is 0 Å². The van der Waals surface area contributed by atoms with Crippen LogP contribution in [0, 0.1) is 6.92 Å². The molecule has 2 aromatic rings. The Morgan fingerprint density at radius 2 is 2.05 bits per heavy atom. The Labute approximate surface area is 111 Å². The second kappa shape index (κ2) is 5.27. The molecule has 0 radical (unpaired) electrons. The van der Waals surface area contributed by atoms with E-state index in [9.17, 15) is 5.11 Å². The van der Waals surface area contributed by atoms with Gasteiger partial charge in [0.25, 0.3) is 0 Å². The van der Waals surface area contributed by atoms with E-state index in [1.165, 1.54) is 0 Å². The average Bonchev–Trinajstić information content (AvgIpc) is 2.71. The van der Waals surface area contributed by atoms with Crippen LogP contribution in [-0.2, 0) is 7.05 Å². The van der Waals surface area contributed by atoms with Crippen LogP contribution in [0.5, 0.6) is 11.6 Å². The Balaban J connectivity index is 2.52. The number of aliphatic hydroxyl groups is 1. The number of aromatic nitrogens is 3. The first kappa shape index (κ1) is 13.4. The van der Waals surface area contributed by atoms with Crippen molar-refractivity contribution in [2.24, 2.45) is 7.05 Å². The van der Waals surface area contributed by atoms with Gasteiger partial charge in [-0.15, -0.1) is 0 Å². The van der Waals surface area contributed by atoms with Gasteiger partial charge in [-0.2, -0.15) is 5.10 Å². The lowest BCUT2D eigenvalue weighted by Crippen LogP contribution is -2.07. The van der Waals surface area contributed by atoms with Gasteiger partial charge in [-0.3, -0.25) is 4.98 Å². The number of pyridine rings is 1. The summed E-state index contributed by atoms with van der Waals surface area (Å²) in [6.07, 6.45) is 0.666. The number of aliphatic hydroxyl groups excluding tert-OH is 1. The first-order valence-corrected chi connectivity index (χ1v) is 5.84. The number of hydrogen-bond donors (Lipinski definition) is 1. The summed E-state index contributed by atoms with van der Waals surface area (Å²) in [5.74, 6) is 1.04. The number of aryl methyl sites for hydroxylation is 2. The van der Waals surface area contributed by atoms with Gasteiger partial charge in [0.05, 0.1) is 25.5 Å². The molecule has 0 amide bonds. The van der Waals surface area contributed by atoms with Crippen molar-refractivity contribution in [3.05, 3.63) is 35.3 Å². The lowest BCUT2D eigenvalue weighted by atomic mass is 10.1. The van der Waals surface area contributed by atoms with Gasteiger partial charge in [0.2, 0.25) is 5.88 Å². The second-order valence-electron chi connectivity index (χ2n) is 4.13. The highest BCUT2D eigenvalue weighted by Crippen LogP contribution is 2.34. The van der Waals surface area contributed by atoms with Gasteiger partial charge in [0, 0.05) is 13.2 Å². The molecule has 2 aromatic heterocycles. The van der Waals surface area contributed by atoms with Crippen molar-refractivity contribution in [2.45, 2.75) is 13.0 Å². The topological polar surface area (TPSA) is 69.4 Å². The van der Waals surface area contributed by atoms with Crippen molar-refractivity contribution in [3.63, 3.8) is 0 Å². The maximum absolute atomic E-state index is 10.5. The first-order chi connectivity index (χ1) is 9.10. The largest absolute Gasteiger partial charge is 0.495 e. The predicted octanol–water partition coefficient (Wildman–Crippen LogP) is 1.22. The molecule has 0 aliphatic heterocycles. The van der Waals surface area contributed by atoms with Crippen molar-refractivity contribution in [3.8, 4) is 11.6 Å². The maximum Gasteiger partial charge on any atom is 0.217 e.